The Morgan fingerprint density at radius 3 is 2.60 bits per heavy atom. The van der Waals surface area contributed by atoms with Crippen LogP contribution < -0.4 is 0 Å². The van der Waals surface area contributed by atoms with Gasteiger partial charge in [-0.3, -0.25) is 4.90 Å². The number of benzene rings is 1. The van der Waals surface area contributed by atoms with Gasteiger partial charge in [-0.05, 0) is 18.2 Å². The molecular formula is C16H19NO3. The van der Waals surface area contributed by atoms with Crippen molar-refractivity contribution in [3.05, 3.63) is 59.5 Å². The van der Waals surface area contributed by atoms with Crippen molar-refractivity contribution in [1.29, 1.82) is 0 Å². The van der Waals surface area contributed by atoms with Crippen molar-refractivity contribution in [2.24, 2.45) is 0 Å². The number of carbonyl (C=O) groups is 1. The van der Waals surface area contributed by atoms with Gasteiger partial charge >= 0.3 is 5.97 Å². The maximum absolute atomic E-state index is 11.6. The van der Waals surface area contributed by atoms with E-state index in [2.05, 4.69) is 24.0 Å². The van der Waals surface area contributed by atoms with E-state index in [1.165, 1.54) is 18.9 Å². The second kappa shape index (κ2) is 6.91. The molecule has 4 nitrogen and oxygen atoms in total. The predicted molar refractivity (Wildman–Crippen MR) is 76.3 cm³/mol. The van der Waals surface area contributed by atoms with Gasteiger partial charge in [0.2, 0.25) is 5.76 Å². The van der Waals surface area contributed by atoms with Gasteiger partial charge in [-0.25, -0.2) is 4.79 Å². The Bertz CT molecular complexity index is 548. The first-order valence-electron chi connectivity index (χ1n) is 6.65. The minimum Gasteiger partial charge on any atom is -0.463 e. The number of hydrogen-bond donors (Lipinski definition) is 0. The van der Waals surface area contributed by atoms with Crippen molar-refractivity contribution < 1.29 is 13.9 Å². The third kappa shape index (κ3) is 3.48. The molecule has 2 rings (SSSR count). The summed E-state index contributed by atoms with van der Waals surface area (Å²) >= 11 is 0. The summed E-state index contributed by atoms with van der Waals surface area (Å²) in [6, 6.07) is 12.1. The number of methoxy groups -OCH3 is 1. The van der Waals surface area contributed by atoms with Crippen molar-refractivity contribution in [2.75, 3.05) is 13.7 Å². The summed E-state index contributed by atoms with van der Waals surface area (Å²) in [5, 5.41) is 0. The Kier molecular flexibility index (Phi) is 4.96. The maximum atomic E-state index is 11.6. The Hall–Kier alpha value is -2.07. The lowest BCUT2D eigenvalue weighted by Gasteiger charge is -2.20. The molecule has 0 bridgehead atoms. The summed E-state index contributed by atoms with van der Waals surface area (Å²) in [5.74, 6) is -0.139. The molecule has 0 aliphatic heterocycles. The number of hydrogen-bond acceptors (Lipinski definition) is 4. The molecule has 20 heavy (non-hydrogen) atoms. The smallest absolute Gasteiger partial charge is 0.374 e. The van der Waals surface area contributed by atoms with E-state index in [0.29, 0.717) is 12.3 Å². The summed E-state index contributed by atoms with van der Waals surface area (Å²) < 4.78 is 9.93. The molecule has 0 radical (unpaired) electrons. The third-order valence-corrected chi connectivity index (χ3v) is 3.21. The van der Waals surface area contributed by atoms with Gasteiger partial charge in [-0.1, -0.05) is 37.3 Å². The van der Waals surface area contributed by atoms with Crippen molar-refractivity contribution >= 4 is 5.97 Å². The minimum absolute atomic E-state index is 0.291. The van der Waals surface area contributed by atoms with Crippen molar-refractivity contribution in [2.45, 2.75) is 20.0 Å². The topological polar surface area (TPSA) is 42.7 Å². The minimum atomic E-state index is -0.430. The van der Waals surface area contributed by atoms with E-state index in [4.69, 9.17) is 9.15 Å². The van der Waals surface area contributed by atoms with Crippen LogP contribution in [-0.2, 0) is 17.8 Å². The first-order chi connectivity index (χ1) is 9.74. The predicted octanol–water partition coefficient (Wildman–Crippen LogP) is 3.09. The molecule has 1 aromatic heterocycles. The summed E-state index contributed by atoms with van der Waals surface area (Å²) in [5.41, 5.74) is 2.10. The third-order valence-electron chi connectivity index (χ3n) is 3.21. The van der Waals surface area contributed by atoms with E-state index in [1.54, 1.807) is 0 Å². The van der Waals surface area contributed by atoms with Crippen LogP contribution in [0.3, 0.4) is 0 Å². The quantitative estimate of drug-likeness (QED) is 0.759. The van der Waals surface area contributed by atoms with Gasteiger partial charge < -0.3 is 9.15 Å². The van der Waals surface area contributed by atoms with Crippen LogP contribution in [0.1, 0.15) is 28.6 Å². The Morgan fingerprint density at radius 1 is 1.20 bits per heavy atom. The molecule has 0 aliphatic carbocycles. The van der Waals surface area contributed by atoms with E-state index in [-0.39, 0.29) is 0 Å². The van der Waals surface area contributed by atoms with Crippen LogP contribution in [0.2, 0.25) is 0 Å². The van der Waals surface area contributed by atoms with Crippen LogP contribution in [0.4, 0.5) is 0 Å². The second-order valence-electron chi connectivity index (χ2n) is 4.56. The highest BCUT2D eigenvalue weighted by atomic mass is 16.5. The Morgan fingerprint density at radius 2 is 1.95 bits per heavy atom. The number of carbonyl (C=O) groups excluding carboxylic acids is 1. The fourth-order valence-corrected chi connectivity index (χ4v) is 2.09. The zero-order chi connectivity index (χ0) is 14.4. The maximum Gasteiger partial charge on any atom is 0.374 e. The summed E-state index contributed by atoms with van der Waals surface area (Å²) in [6.45, 7) is 4.48. The van der Waals surface area contributed by atoms with Crippen LogP contribution in [0, 0.1) is 0 Å². The summed E-state index contributed by atoms with van der Waals surface area (Å²) in [4.78, 5) is 13.8. The number of esters is 1. The zero-order valence-corrected chi connectivity index (χ0v) is 11.8. The normalized spacial score (nSPS) is 10.8. The van der Waals surface area contributed by atoms with Crippen LogP contribution in [0.15, 0.2) is 47.1 Å². The molecule has 1 aromatic carbocycles. The lowest BCUT2D eigenvalue weighted by molar-refractivity contribution is 0.0561. The second-order valence-corrected chi connectivity index (χ2v) is 4.56. The molecule has 0 unspecified atom stereocenters. The molecule has 0 saturated carbocycles. The molecule has 1 heterocycles. The van der Waals surface area contributed by atoms with E-state index in [1.807, 2.05) is 24.3 Å². The van der Waals surface area contributed by atoms with E-state index in [9.17, 15) is 4.79 Å². The first kappa shape index (κ1) is 14.3. The van der Waals surface area contributed by atoms with Crippen molar-refractivity contribution in [1.82, 2.24) is 4.90 Å². The number of rotatable bonds is 6. The van der Waals surface area contributed by atoms with E-state index in [0.717, 1.165) is 18.7 Å². The molecule has 0 saturated heterocycles. The monoisotopic (exact) mass is 273 g/mol. The number of ether oxygens (including phenoxy) is 1. The largest absolute Gasteiger partial charge is 0.463 e. The van der Waals surface area contributed by atoms with Crippen LogP contribution in [0.5, 0.6) is 0 Å². The molecule has 4 heteroatoms. The highest BCUT2D eigenvalue weighted by Gasteiger charge is 2.17. The fourth-order valence-electron chi connectivity index (χ4n) is 2.09. The molecule has 0 fully saturated rings. The van der Waals surface area contributed by atoms with Gasteiger partial charge in [0.05, 0.1) is 13.4 Å². The number of nitrogens with zero attached hydrogens (tertiary/aromatic N) is 1. The van der Waals surface area contributed by atoms with E-state index < -0.39 is 5.97 Å². The molecule has 0 N–H and O–H groups in total. The highest BCUT2D eigenvalue weighted by Crippen LogP contribution is 2.16. The van der Waals surface area contributed by atoms with Crippen molar-refractivity contribution in [3.8, 4) is 0 Å². The molecule has 0 atom stereocenters. The van der Waals surface area contributed by atoms with Crippen LogP contribution >= 0.6 is 0 Å². The standard InChI is InChI=1S/C16H19NO3/c1-3-17(11-13-7-5-4-6-8-13)12-14-9-10-20-15(14)16(18)19-2/h4-10H,3,11-12H2,1-2H3. The van der Waals surface area contributed by atoms with Gasteiger partial charge in [-0.15, -0.1) is 0 Å². The lowest BCUT2D eigenvalue weighted by Crippen LogP contribution is -2.23. The summed E-state index contributed by atoms with van der Waals surface area (Å²) in [6.07, 6.45) is 1.53. The average molecular weight is 273 g/mol. The Balaban J connectivity index is 2.07. The van der Waals surface area contributed by atoms with Gasteiger partial charge in [0.15, 0.2) is 0 Å². The van der Waals surface area contributed by atoms with Crippen molar-refractivity contribution in [3.63, 3.8) is 0 Å². The molecule has 0 amide bonds. The van der Waals surface area contributed by atoms with Gasteiger partial charge in [-0.2, -0.15) is 0 Å². The molecule has 0 spiro atoms. The molecule has 2 aromatic rings. The fraction of sp³-hybridized carbons (Fsp3) is 0.312. The zero-order valence-electron chi connectivity index (χ0n) is 11.8. The number of furan rings is 1. The van der Waals surface area contributed by atoms with Gasteiger partial charge in [0.25, 0.3) is 0 Å². The van der Waals surface area contributed by atoms with Crippen LogP contribution in [0.25, 0.3) is 0 Å². The van der Waals surface area contributed by atoms with Gasteiger partial charge in [0, 0.05) is 18.7 Å². The van der Waals surface area contributed by atoms with E-state index >= 15 is 0 Å². The first-order valence-corrected chi connectivity index (χ1v) is 6.65. The SMILES string of the molecule is CCN(Cc1ccccc1)Cc1ccoc1C(=O)OC. The highest BCUT2D eigenvalue weighted by molar-refractivity contribution is 5.87. The molecular weight excluding hydrogens is 254 g/mol. The lowest BCUT2D eigenvalue weighted by atomic mass is 10.2. The molecule has 0 aliphatic rings. The van der Waals surface area contributed by atoms with Gasteiger partial charge in [0.1, 0.15) is 0 Å². The average Bonchev–Trinajstić information content (AvgIpc) is 2.95. The van der Waals surface area contributed by atoms with Crippen LogP contribution in [-0.4, -0.2) is 24.5 Å². The Labute approximate surface area is 119 Å². The summed E-state index contributed by atoms with van der Waals surface area (Å²) in [7, 11) is 1.36. The molecule has 106 valence electrons.